The van der Waals surface area contributed by atoms with Crippen LogP contribution in [0, 0.1) is 11.6 Å². The number of halogens is 2. The molecule has 9 heteroatoms. The number of urea groups is 1. The Labute approximate surface area is 168 Å². The Kier molecular flexibility index (Phi) is 6.81. The van der Waals surface area contributed by atoms with Crippen molar-refractivity contribution in [3.05, 3.63) is 46.7 Å². The van der Waals surface area contributed by atoms with Gasteiger partial charge in [-0.05, 0) is 51.2 Å². The molecule has 158 valence electrons. The van der Waals surface area contributed by atoms with E-state index in [2.05, 4.69) is 27.5 Å². The zero-order chi connectivity index (χ0) is 21.0. The molecule has 1 aromatic carbocycles. The highest BCUT2D eigenvalue weighted by atomic mass is 19.2. The molecule has 0 bridgehead atoms. The van der Waals surface area contributed by atoms with Gasteiger partial charge in [-0.25, -0.2) is 18.4 Å². The third-order valence-corrected chi connectivity index (χ3v) is 5.12. The summed E-state index contributed by atoms with van der Waals surface area (Å²) in [6, 6.07) is 1.89. The van der Waals surface area contributed by atoms with E-state index in [1.54, 1.807) is 6.92 Å². The number of esters is 1. The number of amides is 2. The van der Waals surface area contributed by atoms with Gasteiger partial charge in [-0.15, -0.1) is 0 Å². The van der Waals surface area contributed by atoms with Crippen LogP contribution in [0.4, 0.5) is 13.6 Å². The van der Waals surface area contributed by atoms with E-state index in [4.69, 9.17) is 4.74 Å². The smallest absolute Gasteiger partial charge is 0.338 e. The first-order valence-electron chi connectivity index (χ1n) is 9.72. The molecule has 1 fully saturated rings. The molecule has 2 aliphatic heterocycles. The molecule has 2 heterocycles. The van der Waals surface area contributed by atoms with E-state index in [1.807, 2.05) is 0 Å². The van der Waals surface area contributed by atoms with Crippen molar-refractivity contribution in [3.63, 3.8) is 0 Å². The van der Waals surface area contributed by atoms with Gasteiger partial charge in [-0.2, -0.15) is 0 Å². The maximum Gasteiger partial charge on any atom is 0.338 e. The lowest BCUT2D eigenvalue weighted by Gasteiger charge is -2.32. The maximum absolute atomic E-state index is 13.8. The minimum absolute atomic E-state index is 0.155. The van der Waals surface area contributed by atoms with Gasteiger partial charge in [0.25, 0.3) is 0 Å². The summed E-state index contributed by atoms with van der Waals surface area (Å²) in [5, 5.41) is 5.35. The second-order valence-corrected chi connectivity index (χ2v) is 7.25. The van der Waals surface area contributed by atoms with E-state index in [-0.39, 0.29) is 17.7 Å². The average molecular weight is 408 g/mol. The Hall–Kier alpha value is -2.52. The quantitative estimate of drug-likeness (QED) is 0.727. The SMILES string of the molecule is CCOC(=O)C1=C(CN2CCCN(C)CC2)NC(=O)NC1c1ccc(F)c(F)c1. The number of carbonyl (C=O) groups excluding carboxylic acids is 2. The standard InChI is InChI=1S/C20H26F2N4O3/c1-3-29-19(27)17-16(12-26-8-4-7-25(2)9-10-26)23-20(28)24-18(17)13-5-6-14(21)15(22)11-13/h5-6,11,18H,3-4,7-10,12H2,1-2H3,(H2,23,24,28). The lowest BCUT2D eigenvalue weighted by molar-refractivity contribution is -0.139. The monoisotopic (exact) mass is 408 g/mol. The third kappa shape index (κ3) is 5.10. The van der Waals surface area contributed by atoms with Crippen LogP contribution in [0.25, 0.3) is 0 Å². The molecule has 2 amide bonds. The van der Waals surface area contributed by atoms with E-state index in [9.17, 15) is 18.4 Å². The summed E-state index contributed by atoms with van der Waals surface area (Å²) in [6.07, 6.45) is 0.970. The topological polar surface area (TPSA) is 73.9 Å². The fourth-order valence-corrected chi connectivity index (χ4v) is 3.62. The van der Waals surface area contributed by atoms with Crippen molar-refractivity contribution in [2.24, 2.45) is 0 Å². The van der Waals surface area contributed by atoms with Gasteiger partial charge in [-0.3, -0.25) is 4.90 Å². The number of hydrogen-bond donors (Lipinski definition) is 2. The molecule has 0 radical (unpaired) electrons. The summed E-state index contributed by atoms with van der Waals surface area (Å²) in [4.78, 5) is 29.4. The molecular weight excluding hydrogens is 382 g/mol. The van der Waals surface area contributed by atoms with Crippen molar-refractivity contribution < 1.29 is 23.1 Å². The van der Waals surface area contributed by atoms with Gasteiger partial charge in [0, 0.05) is 25.3 Å². The van der Waals surface area contributed by atoms with Crippen LogP contribution in [0.2, 0.25) is 0 Å². The van der Waals surface area contributed by atoms with E-state index in [0.717, 1.165) is 44.7 Å². The average Bonchev–Trinajstić information content (AvgIpc) is 2.88. The van der Waals surface area contributed by atoms with E-state index in [1.165, 1.54) is 6.07 Å². The third-order valence-electron chi connectivity index (χ3n) is 5.12. The first-order valence-corrected chi connectivity index (χ1v) is 9.72. The molecule has 0 saturated carbocycles. The van der Waals surface area contributed by atoms with Gasteiger partial charge < -0.3 is 20.3 Å². The minimum Gasteiger partial charge on any atom is -0.463 e. The molecule has 29 heavy (non-hydrogen) atoms. The van der Waals surface area contributed by atoms with Crippen LogP contribution in [0.15, 0.2) is 29.5 Å². The van der Waals surface area contributed by atoms with Crippen LogP contribution in [-0.4, -0.2) is 68.2 Å². The fourth-order valence-electron chi connectivity index (χ4n) is 3.62. The molecule has 7 nitrogen and oxygen atoms in total. The lowest BCUT2D eigenvalue weighted by Crippen LogP contribution is -2.48. The van der Waals surface area contributed by atoms with Crippen LogP contribution < -0.4 is 10.6 Å². The maximum atomic E-state index is 13.8. The van der Waals surface area contributed by atoms with Crippen LogP contribution in [0.5, 0.6) is 0 Å². The normalized spacial score (nSPS) is 21.4. The predicted molar refractivity (Wildman–Crippen MR) is 103 cm³/mol. The van der Waals surface area contributed by atoms with Crippen molar-refractivity contribution in [2.45, 2.75) is 19.4 Å². The van der Waals surface area contributed by atoms with Crippen molar-refractivity contribution in [2.75, 3.05) is 46.4 Å². The van der Waals surface area contributed by atoms with Crippen molar-refractivity contribution in [1.29, 1.82) is 0 Å². The number of nitrogens with one attached hydrogen (secondary N) is 2. The summed E-state index contributed by atoms with van der Waals surface area (Å²) in [5.41, 5.74) is 0.899. The van der Waals surface area contributed by atoms with Crippen molar-refractivity contribution >= 4 is 12.0 Å². The van der Waals surface area contributed by atoms with Gasteiger partial charge in [0.05, 0.1) is 18.2 Å². The van der Waals surface area contributed by atoms with Crippen LogP contribution in [-0.2, 0) is 9.53 Å². The second kappa shape index (κ2) is 9.32. The fraction of sp³-hybridized carbons (Fsp3) is 0.500. The molecule has 1 atom stereocenters. The molecular formula is C20H26F2N4O3. The van der Waals surface area contributed by atoms with Crippen LogP contribution >= 0.6 is 0 Å². The van der Waals surface area contributed by atoms with Gasteiger partial charge in [0.2, 0.25) is 0 Å². The lowest BCUT2D eigenvalue weighted by atomic mass is 9.94. The zero-order valence-electron chi connectivity index (χ0n) is 16.6. The molecule has 2 N–H and O–H groups in total. The number of ether oxygens (including phenoxy) is 1. The highest BCUT2D eigenvalue weighted by Gasteiger charge is 2.34. The minimum atomic E-state index is -1.05. The van der Waals surface area contributed by atoms with E-state index < -0.39 is 29.7 Å². The Bertz CT molecular complexity index is 815. The van der Waals surface area contributed by atoms with Crippen LogP contribution in [0.1, 0.15) is 24.9 Å². The predicted octanol–water partition coefficient (Wildman–Crippen LogP) is 1.77. The molecule has 0 spiro atoms. The first kappa shape index (κ1) is 21.2. The highest BCUT2D eigenvalue weighted by molar-refractivity contribution is 5.95. The van der Waals surface area contributed by atoms with Crippen molar-refractivity contribution in [3.8, 4) is 0 Å². The molecule has 0 aliphatic carbocycles. The summed E-state index contributed by atoms with van der Waals surface area (Å²) in [7, 11) is 2.05. The summed E-state index contributed by atoms with van der Waals surface area (Å²) in [5.74, 6) is -2.64. The Morgan fingerprint density at radius 2 is 2.00 bits per heavy atom. The van der Waals surface area contributed by atoms with Gasteiger partial charge in [0.1, 0.15) is 0 Å². The first-order chi connectivity index (χ1) is 13.9. The molecule has 1 aromatic rings. The largest absolute Gasteiger partial charge is 0.463 e. The summed E-state index contributed by atoms with van der Waals surface area (Å²) < 4.78 is 32.4. The highest BCUT2D eigenvalue weighted by Crippen LogP contribution is 2.29. The van der Waals surface area contributed by atoms with Gasteiger partial charge >= 0.3 is 12.0 Å². The number of carbonyl (C=O) groups is 2. The van der Waals surface area contributed by atoms with Gasteiger partial charge in [0.15, 0.2) is 11.6 Å². The van der Waals surface area contributed by atoms with Gasteiger partial charge in [-0.1, -0.05) is 6.07 Å². The second-order valence-electron chi connectivity index (χ2n) is 7.25. The van der Waals surface area contributed by atoms with E-state index >= 15 is 0 Å². The number of benzene rings is 1. The Morgan fingerprint density at radius 1 is 1.21 bits per heavy atom. The molecule has 3 rings (SSSR count). The zero-order valence-corrected chi connectivity index (χ0v) is 16.6. The molecule has 2 aliphatic rings. The van der Waals surface area contributed by atoms with Crippen molar-refractivity contribution in [1.82, 2.24) is 20.4 Å². The number of rotatable bonds is 5. The van der Waals surface area contributed by atoms with Crippen LogP contribution in [0.3, 0.4) is 0 Å². The molecule has 0 aromatic heterocycles. The Balaban J connectivity index is 1.97. The molecule has 1 unspecified atom stereocenters. The number of likely N-dealkylation sites (N-methyl/N-ethyl adjacent to an activating group) is 1. The van der Waals surface area contributed by atoms with E-state index in [0.29, 0.717) is 12.2 Å². The summed E-state index contributed by atoms with van der Waals surface area (Å²) >= 11 is 0. The number of nitrogens with zero attached hydrogens (tertiary/aromatic N) is 2. The summed E-state index contributed by atoms with van der Waals surface area (Å²) in [6.45, 7) is 5.66. The Morgan fingerprint density at radius 3 is 2.72 bits per heavy atom. The number of hydrogen-bond acceptors (Lipinski definition) is 5. The molecule has 1 saturated heterocycles.